The molecular weight excluding hydrogens is 327 g/mol. The number of carbonyl (C=O) groups excluding carboxylic acids is 1. The van der Waals surface area contributed by atoms with E-state index in [1.165, 1.54) is 4.57 Å². The summed E-state index contributed by atoms with van der Waals surface area (Å²) in [5.41, 5.74) is 6.48. The number of Topliss-reactive ketones (excluding diaryl/α,β-unsaturated/α-hetero) is 1. The number of aliphatic hydroxyl groups excluding tert-OH is 2. The number of carbonyl (C=O) groups is 1. The highest BCUT2D eigenvalue weighted by Gasteiger charge is 2.47. The van der Waals surface area contributed by atoms with Crippen LogP contribution in [0.5, 0.6) is 0 Å². The van der Waals surface area contributed by atoms with E-state index in [-0.39, 0.29) is 11.3 Å². The Morgan fingerprint density at radius 2 is 1.92 bits per heavy atom. The minimum atomic E-state index is -1.44. The van der Waals surface area contributed by atoms with Crippen LogP contribution in [0.15, 0.2) is 43.1 Å². The summed E-state index contributed by atoms with van der Waals surface area (Å²) in [5.74, 6) is -1.07. The smallest absolute Gasteiger partial charge is 0.194 e. The average molecular weight is 346 g/mol. The van der Waals surface area contributed by atoms with Gasteiger partial charge in [-0.1, -0.05) is 36.9 Å². The van der Waals surface area contributed by atoms with Crippen molar-refractivity contribution in [3.05, 3.63) is 65.7 Å². The van der Waals surface area contributed by atoms with E-state index in [9.17, 15) is 19.4 Å². The molecule has 2 aromatic rings. The van der Waals surface area contributed by atoms with Gasteiger partial charge in [0, 0.05) is 23.2 Å². The third kappa shape index (κ3) is 2.86. The summed E-state index contributed by atoms with van der Waals surface area (Å²) in [5, 5.41) is 20.6. The van der Waals surface area contributed by atoms with Crippen LogP contribution in [0.25, 0.3) is 5.70 Å². The van der Waals surface area contributed by atoms with Crippen LogP contribution in [-0.4, -0.2) is 38.9 Å². The summed E-state index contributed by atoms with van der Waals surface area (Å²) in [6.45, 7) is 5.11. The van der Waals surface area contributed by atoms with Gasteiger partial charge in [0.2, 0.25) is 0 Å². The number of rotatable bonds is 4. The molecule has 4 atom stereocenters. The van der Waals surface area contributed by atoms with Gasteiger partial charge in [0.15, 0.2) is 18.1 Å². The number of aromatic nitrogens is 1. The molecule has 1 aliphatic heterocycles. The lowest BCUT2D eigenvalue weighted by atomic mass is 10.0. The summed E-state index contributed by atoms with van der Waals surface area (Å²) in [6.07, 6.45) is -4.10. The van der Waals surface area contributed by atoms with Crippen LogP contribution in [-0.2, 0) is 4.74 Å². The lowest BCUT2D eigenvalue weighted by Gasteiger charge is -2.18. The standard InChI is InChI=1S/C18H19FN2O4/c1-9(20)13-10(2)21(8-12(13)19)18-16(24)15(23)17(25-18)14(22)11-6-4-3-5-7-11/h3-8,15-18,23-24H,1,20H2,2H3/t15-,16+,17+,18+/m0/s1. The molecule has 0 amide bonds. The molecule has 4 N–H and O–H groups in total. The first-order valence-electron chi connectivity index (χ1n) is 7.75. The number of hydrogen-bond acceptors (Lipinski definition) is 5. The van der Waals surface area contributed by atoms with Gasteiger partial charge in [-0.05, 0) is 6.92 Å². The summed E-state index contributed by atoms with van der Waals surface area (Å²) >= 11 is 0. The third-order valence-electron chi connectivity index (χ3n) is 4.39. The van der Waals surface area contributed by atoms with Gasteiger partial charge in [-0.2, -0.15) is 0 Å². The number of nitrogens with two attached hydrogens (primary N) is 1. The van der Waals surface area contributed by atoms with Gasteiger partial charge in [-0.25, -0.2) is 4.39 Å². The number of ketones is 1. The van der Waals surface area contributed by atoms with Crippen LogP contribution in [0.1, 0.15) is 27.8 Å². The summed E-state index contributed by atoms with van der Waals surface area (Å²) in [4.78, 5) is 12.5. The van der Waals surface area contributed by atoms with Gasteiger partial charge in [0.05, 0.1) is 5.56 Å². The van der Waals surface area contributed by atoms with Crippen molar-refractivity contribution < 1.29 is 24.1 Å². The first-order chi connectivity index (χ1) is 11.8. The van der Waals surface area contributed by atoms with E-state index >= 15 is 0 Å². The van der Waals surface area contributed by atoms with Crippen LogP contribution in [0.4, 0.5) is 4.39 Å². The van der Waals surface area contributed by atoms with Crippen molar-refractivity contribution in [2.45, 2.75) is 31.5 Å². The topological polar surface area (TPSA) is 97.7 Å². The third-order valence-corrected chi connectivity index (χ3v) is 4.39. The molecule has 132 valence electrons. The van der Waals surface area contributed by atoms with Crippen LogP contribution >= 0.6 is 0 Å². The molecule has 1 aliphatic rings. The molecule has 3 rings (SSSR count). The fourth-order valence-corrected chi connectivity index (χ4v) is 3.11. The first kappa shape index (κ1) is 17.3. The summed E-state index contributed by atoms with van der Waals surface area (Å²) in [6, 6.07) is 8.32. The van der Waals surface area contributed by atoms with Gasteiger partial charge in [-0.3, -0.25) is 4.79 Å². The Bertz CT molecular complexity index is 818. The van der Waals surface area contributed by atoms with Crippen molar-refractivity contribution in [1.29, 1.82) is 0 Å². The molecule has 1 fully saturated rings. The van der Waals surface area contributed by atoms with Gasteiger partial charge < -0.3 is 25.3 Å². The second-order valence-corrected chi connectivity index (χ2v) is 6.03. The average Bonchev–Trinajstić information content (AvgIpc) is 3.04. The SMILES string of the molecule is C=C(N)c1c(F)cn([C@@H]2O[C@H](C(=O)c3ccccc3)[C@@H](O)[C@H]2O)c1C. The predicted molar refractivity (Wildman–Crippen MR) is 89.0 cm³/mol. The van der Waals surface area contributed by atoms with Crippen molar-refractivity contribution in [3.8, 4) is 0 Å². The molecule has 0 saturated carbocycles. The van der Waals surface area contributed by atoms with Crippen molar-refractivity contribution in [2.24, 2.45) is 5.73 Å². The molecule has 6 nitrogen and oxygen atoms in total. The number of benzene rings is 1. The van der Waals surface area contributed by atoms with E-state index in [1.807, 2.05) is 0 Å². The quantitative estimate of drug-likeness (QED) is 0.727. The highest BCUT2D eigenvalue weighted by Crippen LogP contribution is 2.34. The maximum absolute atomic E-state index is 14.1. The van der Waals surface area contributed by atoms with E-state index in [1.54, 1.807) is 37.3 Å². The number of ether oxygens (including phenoxy) is 1. The van der Waals surface area contributed by atoms with E-state index in [2.05, 4.69) is 6.58 Å². The Morgan fingerprint density at radius 3 is 2.48 bits per heavy atom. The van der Waals surface area contributed by atoms with E-state index in [0.29, 0.717) is 11.3 Å². The Balaban J connectivity index is 1.92. The van der Waals surface area contributed by atoms with Crippen molar-refractivity contribution in [2.75, 3.05) is 0 Å². The molecule has 1 aromatic heterocycles. The van der Waals surface area contributed by atoms with Crippen LogP contribution in [0.3, 0.4) is 0 Å². The highest BCUT2D eigenvalue weighted by molar-refractivity contribution is 6.00. The normalized spacial score (nSPS) is 25.9. The number of nitrogens with zero attached hydrogens (tertiary/aromatic N) is 1. The van der Waals surface area contributed by atoms with Gasteiger partial charge in [0.1, 0.15) is 18.0 Å². The van der Waals surface area contributed by atoms with Crippen LogP contribution in [0.2, 0.25) is 0 Å². The Labute approximate surface area is 144 Å². The highest BCUT2D eigenvalue weighted by atomic mass is 19.1. The molecule has 7 heteroatoms. The minimum absolute atomic E-state index is 0.0405. The van der Waals surface area contributed by atoms with E-state index < -0.39 is 36.1 Å². The largest absolute Gasteiger partial charge is 0.399 e. The molecule has 0 spiro atoms. The molecule has 1 aromatic carbocycles. The predicted octanol–water partition coefficient (Wildman–Crippen LogP) is 1.37. The first-order valence-corrected chi connectivity index (χ1v) is 7.75. The maximum atomic E-state index is 14.1. The Hall–Kier alpha value is -2.48. The summed E-state index contributed by atoms with van der Waals surface area (Å²) < 4.78 is 21.0. The second-order valence-electron chi connectivity index (χ2n) is 6.03. The van der Waals surface area contributed by atoms with Crippen LogP contribution in [0, 0.1) is 12.7 Å². The second kappa shape index (κ2) is 6.44. The monoisotopic (exact) mass is 346 g/mol. The molecule has 0 bridgehead atoms. The number of halogens is 1. The fraction of sp³-hybridized carbons (Fsp3) is 0.278. The van der Waals surface area contributed by atoms with E-state index in [4.69, 9.17) is 10.5 Å². The zero-order valence-corrected chi connectivity index (χ0v) is 13.6. The number of hydrogen-bond donors (Lipinski definition) is 3. The molecule has 2 heterocycles. The fourth-order valence-electron chi connectivity index (χ4n) is 3.11. The lowest BCUT2D eigenvalue weighted by molar-refractivity contribution is -0.0313. The molecule has 0 aliphatic carbocycles. The van der Waals surface area contributed by atoms with Crippen molar-refractivity contribution >= 4 is 11.5 Å². The van der Waals surface area contributed by atoms with Crippen LogP contribution < -0.4 is 5.73 Å². The molecule has 0 radical (unpaired) electrons. The molecule has 0 unspecified atom stereocenters. The lowest BCUT2D eigenvalue weighted by Crippen LogP contribution is -2.36. The zero-order valence-electron chi connectivity index (χ0n) is 13.6. The Morgan fingerprint density at radius 1 is 1.28 bits per heavy atom. The van der Waals surface area contributed by atoms with Gasteiger partial charge >= 0.3 is 0 Å². The molecule has 1 saturated heterocycles. The van der Waals surface area contributed by atoms with Crippen molar-refractivity contribution in [1.82, 2.24) is 4.57 Å². The Kier molecular flexibility index (Phi) is 4.47. The van der Waals surface area contributed by atoms with Crippen molar-refractivity contribution in [3.63, 3.8) is 0 Å². The maximum Gasteiger partial charge on any atom is 0.194 e. The number of aliphatic hydroxyl groups is 2. The van der Waals surface area contributed by atoms with Gasteiger partial charge in [-0.15, -0.1) is 0 Å². The summed E-state index contributed by atoms with van der Waals surface area (Å²) in [7, 11) is 0. The molecule has 25 heavy (non-hydrogen) atoms. The minimum Gasteiger partial charge on any atom is -0.399 e. The molecular formula is C18H19FN2O4. The zero-order chi connectivity index (χ0) is 18.3. The van der Waals surface area contributed by atoms with E-state index in [0.717, 1.165) is 6.20 Å². The van der Waals surface area contributed by atoms with Gasteiger partial charge in [0.25, 0.3) is 0 Å².